The van der Waals surface area contributed by atoms with Gasteiger partial charge in [-0.1, -0.05) is 0 Å². The SMILES string of the molecule is CC(=O)c1cc(C(=O)N=C(N)N)cc(Br)c1OC(C)C. The Morgan fingerprint density at radius 3 is 2.35 bits per heavy atom. The molecule has 0 aromatic heterocycles. The van der Waals surface area contributed by atoms with E-state index in [0.29, 0.717) is 15.8 Å². The van der Waals surface area contributed by atoms with Crippen LogP contribution < -0.4 is 16.2 Å². The summed E-state index contributed by atoms with van der Waals surface area (Å²) in [6.07, 6.45) is -0.108. The lowest BCUT2D eigenvalue weighted by atomic mass is 10.1. The summed E-state index contributed by atoms with van der Waals surface area (Å²) in [4.78, 5) is 26.9. The molecule has 0 aliphatic heterocycles. The first-order valence-corrected chi connectivity index (χ1v) is 6.66. The Morgan fingerprint density at radius 1 is 1.30 bits per heavy atom. The van der Waals surface area contributed by atoms with Crippen molar-refractivity contribution in [3.63, 3.8) is 0 Å². The van der Waals surface area contributed by atoms with E-state index in [1.165, 1.54) is 19.1 Å². The molecule has 1 aromatic carbocycles. The molecule has 0 fully saturated rings. The van der Waals surface area contributed by atoms with Crippen molar-refractivity contribution in [2.45, 2.75) is 26.9 Å². The predicted molar refractivity (Wildman–Crippen MR) is 80.1 cm³/mol. The lowest BCUT2D eigenvalue weighted by Gasteiger charge is -2.15. The molecular formula is C13H16BrN3O3. The number of carbonyl (C=O) groups excluding carboxylic acids is 2. The van der Waals surface area contributed by atoms with Crippen molar-refractivity contribution >= 4 is 33.6 Å². The van der Waals surface area contributed by atoms with Gasteiger partial charge in [0.2, 0.25) is 0 Å². The molecule has 0 radical (unpaired) electrons. The van der Waals surface area contributed by atoms with Gasteiger partial charge in [0.1, 0.15) is 5.75 Å². The molecular weight excluding hydrogens is 326 g/mol. The van der Waals surface area contributed by atoms with Gasteiger partial charge < -0.3 is 16.2 Å². The van der Waals surface area contributed by atoms with E-state index in [-0.39, 0.29) is 23.4 Å². The van der Waals surface area contributed by atoms with Crippen LogP contribution in [0.15, 0.2) is 21.6 Å². The number of ketones is 1. The highest BCUT2D eigenvalue weighted by molar-refractivity contribution is 9.10. The number of carbonyl (C=O) groups is 2. The van der Waals surface area contributed by atoms with Crippen LogP contribution in [0.1, 0.15) is 41.5 Å². The summed E-state index contributed by atoms with van der Waals surface area (Å²) in [5, 5.41) is 0. The van der Waals surface area contributed by atoms with Gasteiger partial charge in [-0.15, -0.1) is 0 Å². The average Bonchev–Trinajstić information content (AvgIpc) is 2.29. The molecule has 4 N–H and O–H groups in total. The lowest BCUT2D eigenvalue weighted by molar-refractivity contribution is 0.100. The summed E-state index contributed by atoms with van der Waals surface area (Å²) >= 11 is 3.29. The van der Waals surface area contributed by atoms with Crippen LogP contribution >= 0.6 is 15.9 Å². The Kier molecular flexibility index (Phi) is 5.26. The molecule has 7 heteroatoms. The third-order valence-corrected chi connectivity index (χ3v) is 2.84. The van der Waals surface area contributed by atoms with Gasteiger partial charge in [0.15, 0.2) is 11.7 Å². The van der Waals surface area contributed by atoms with E-state index in [0.717, 1.165) is 0 Å². The molecule has 20 heavy (non-hydrogen) atoms. The van der Waals surface area contributed by atoms with E-state index in [4.69, 9.17) is 16.2 Å². The Morgan fingerprint density at radius 2 is 1.90 bits per heavy atom. The first-order chi connectivity index (χ1) is 9.22. The largest absolute Gasteiger partial charge is 0.489 e. The molecule has 0 aliphatic rings. The molecule has 0 saturated carbocycles. The maximum atomic E-state index is 11.8. The minimum Gasteiger partial charge on any atom is -0.489 e. The van der Waals surface area contributed by atoms with E-state index in [1.54, 1.807) is 0 Å². The summed E-state index contributed by atoms with van der Waals surface area (Å²) < 4.78 is 6.08. The third-order valence-electron chi connectivity index (χ3n) is 2.25. The van der Waals surface area contributed by atoms with Gasteiger partial charge in [0.25, 0.3) is 5.91 Å². The van der Waals surface area contributed by atoms with Crippen LogP contribution in [0.3, 0.4) is 0 Å². The van der Waals surface area contributed by atoms with Crippen molar-refractivity contribution in [1.82, 2.24) is 0 Å². The van der Waals surface area contributed by atoms with E-state index in [1.807, 2.05) is 13.8 Å². The number of benzene rings is 1. The molecule has 1 amide bonds. The highest BCUT2D eigenvalue weighted by atomic mass is 79.9. The van der Waals surface area contributed by atoms with Crippen molar-refractivity contribution < 1.29 is 14.3 Å². The highest BCUT2D eigenvalue weighted by Gasteiger charge is 2.18. The second-order valence-corrected chi connectivity index (χ2v) is 5.25. The van der Waals surface area contributed by atoms with Crippen molar-refractivity contribution in [3.05, 3.63) is 27.7 Å². The van der Waals surface area contributed by atoms with E-state index in [2.05, 4.69) is 20.9 Å². The maximum absolute atomic E-state index is 11.8. The standard InChI is InChI=1S/C13H16BrN3O3/c1-6(2)20-11-9(7(3)18)4-8(5-10(11)14)12(19)17-13(15)16/h4-6H,1-3H3,(H4,15,16,17,19). The van der Waals surface area contributed by atoms with Crippen LogP contribution in [0, 0.1) is 0 Å². The number of hydrogen-bond acceptors (Lipinski definition) is 3. The van der Waals surface area contributed by atoms with Crippen LogP contribution in [0.4, 0.5) is 0 Å². The van der Waals surface area contributed by atoms with Crippen LogP contribution in [0.25, 0.3) is 0 Å². The number of amides is 1. The zero-order valence-corrected chi connectivity index (χ0v) is 13.0. The van der Waals surface area contributed by atoms with E-state index in [9.17, 15) is 9.59 Å². The first-order valence-electron chi connectivity index (χ1n) is 5.87. The number of aliphatic imine (C=N–C) groups is 1. The summed E-state index contributed by atoms with van der Waals surface area (Å²) in [6, 6.07) is 2.93. The summed E-state index contributed by atoms with van der Waals surface area (Å²) in [7, 11) is 0. The molecule has 1 aromatic rings. The molecule has 0 heterocycles. The molecule has 0 aliphatic carbocycles. The first kappa shape index (κ1) is 16.2. The van der Waals surface area contributed by atoms with Gasteiger partial charge in [-0.2, -0.15) is 4.99 Å². The number of guanidine groups is 1. The van der Waals surface area contributed by atoms with Crippen LogP contribution in [0.2, 0.25) is 0 Å². The summed E-state index contributed by atoms with van der Waals surface area (Å²) in [5.74, 6) is -0.781. The van der Waals surface area contributed by atoms with Gasteiger partial charge in [0.05, 0.1) is 16.1 Å². The molecule has 0 unspecified atom stereocenters. The van der Waals surface area contributed by atoms with Crippen LogP contribution in [0.5, 0.6) is 5.75 Å². The molecule has 0 atom stereocenters. The molecule has 0 bridgehead atoms. The van der Waals surface area contributed by atoms with Crippen molar-refractivity contribution in [3.8, 4) is 5.75 Å². The van der Waals surface area contributed by atoms with Gasteiger partial charge in [-0.3, -0.25) is 9.59 Å². The van der Waals surface area contributed by atoms with Crippen LogP contribution in [-0.4, -0.2) is 23.8 Å². The number of nitrogens with zero attached hydrogens (tertiary/aromatic N) is 1. The number of nitrogens with two attached hydrogens (primary N) is 2. The van der Waals surface area contributed by atoms with Crippen molar-refractivity contribution in [2.24, 2.45) is 16.5 Å². The number of hydrogen-bond donors (Lipinski definition) is 2. The second kappa shape index (κ2) is 6.51. The zero-order chi connectivity index (χ0) is 15.4. The fourth-order valence-electron chi connectivity index (χ4n) is 1.52. The van der Waals surface area contributed by atoms with E-state index < -0.39 is 5.91 Å². The Hall–Kier alpha value is -1.89. The molecule has 108 valence electrons. The van der Waals surface area contributed by atoms with Crippen LogP contribution in [-0.2, 0) is 0 Å². The quantitative estimate of drug-likeness (QED) is 0.493. The van der Waals surface area contributed by atoms with Crippen molar-refractivity contribution in [2.75, 3.05) is 0 Å². The monoisotopic (exact) mass is 341 g/mol. The minimum absolute atomic E-state index is 0.108. The van der Waals surface area contributed by atoms with Gasteiger partial charge in [-0.05, 0) is 48.8 Å². The third kappa shape index (κ3) is 4.06. The smallest absolute Gasteiger partial charge is 0.280 e. The molecule has 0 spiro atoms. The van der Waals surface area contributed by atoms with E-state index >= 15 is 0 Å². The Labute approximate surface area is 125 Å². The number of Topliss-reactive ketones (excluding diaryl/α,β-unsaturated/α-hetero) is 1. The lowest BCUT2D eigenvalue weighted by Crippen LogP contribution is -2.24. The fraction of sp³-hybridized carbons (Fsp3) is 0.308. The minimum atomic E-state index is -0.621. The Bertz CT molecular complexity index is 578. The second-order valence-electron chi connectivity index (χ2n) is 4.40. The van der Waals surface area contributed by atoms with Crippen molar-refractivity contribution in [1.29, 1.82) is 0 Å². The summed E-state index contributed by atoms with van der Waals surface area (Å²) in [6.45, 7) is 5.08. The highest BCUT2D eigenvalue weighted by Crippen LogP contribution is 2.32. The fourth-order valence-corrected chi connectivity index (χ4v) is 2.07. The van der Waals surface area contributed by atoms with Gasteiger partial charge in [-0.25, -0.2) is 0 Å². The van der Waals surface area contributed by atoms with Gasteiger partial charge in [0, 0.05) is 5.56 Å². The topological polar surface area (TPSA) is 108 Å². The molecule has 0 saturated heterocycles. The Balaban J connectivity index is 3.37. The number of ether oxygens (including phenoxy) is 1. The zero-order valence-electron chi connectivity index (χ0n) is 11.4. The number of halogens is 1. The normalized spacial score (nSPS) is 10.2. The maximum Gasteiger partial charge on any atom is 0.280 e. The molecule has 1 rings (SSSR count). The number of rotatable bonds is 4. The average molecular weight is 342 g/mol. The van der Waals surface area contributed by atoms with Gasteiger partial charge >= 0.3 is 0 Å². The summed E-state index contributed by atoms with van der Waals surface area (Å²) in [5.41, 5.74) is 10.8. The molecule has 6 nitrogen and oxygen atoms in total. The predicted octanol–water partition coefficient (Wildman–Crippen LogP) is 1.85.